The van der Waals surface area contributed by atoms with Crippen LogP contribution in [0.5, 0.6) is 0 Å². The molecule has 498 valence electrons. The predicted octanol–water partition coefficient (Wildman–Crippen LogP) is 22.9. The molecule has 0 aromatic heterocycles. The van der Waals surface area contributed by atoms with Gasteiger partial charge in [0.2, 0.25) is 0 Å². The van der Waals surface area contributed by atoms with Crippen molar-refractivity contribution in [3.63, 3.8) is 0 Å². The van der Waals surface area contributed by atoms with E-state index in [0.717, 1.165) is 150 Å². The number of hydrogen-bond donors (Lipinski definition) is 0. The third-order valence-corrected chi connectivity index (χ3v) is 14.4. The maximum atomic E-state index is 11.1. The van der Waals surface area contributed by atoms with Crippen molar-refractivity contribution in [1.29, 1.82) is 0 Å². The molecule has 0 saturated carbocycles. The van der Waals surface area contributed by atoms with Gasteiger partial charge in [-0.1, -0.05) is 210 Å². The SMILES string of the molecule is CC(=O)CCC(C)C(C)C.CC(=O)CCC(C)CC(C)C.CC(=O)CCCC(C)C.CC(=O)CCCCC(C)C.CC(=O)CCCCCC(C)C.CC(C)CCCC(=O)C(C)C.CCC(=O)CCCC(C)C.CCC(CCC(C)=O)C(C)C. The fourth-order valence-electron chi connectivity index (χ4n) is 8.18. The second-order valence-electron chi connectivity index (χ2n) is 28.2. The van der Waals surface area contributed by atoms with Gasteiger partial charge in [0.15, 0.2) is 0 Å². The third-order valence-electron chi connectivity index (χ3n) is 14.4. The van der Waals surface area contributed by atoms with E-state index >= 15 is 0 Å². The Morgan fingerprint density at radius 1 is 0.289 bits per heavy atom. The van der Waals surface area contributed by atoms with Crippen LogP contribution >= 0.6 is 0 Å². The zero-order valence-electron chi connectivity index (χ0n) is 61.3. The normalized spacial score (nSPS) is 11.7. The Labute approximate surface area is 520 Å². The summed E-state index contributed by atoms with van der Waals surface area (Å²) in [4.78, 5) is 85.3. The first kappa shape index (κ1) is 96.7. The van der Waals surface area contributed by atoms with Crippen molar-refractivity contribution in [3.8, 4) is 0 Å². The van der Waals surface area contributed by atoms with Crippen molar-refractivity contribution < 1.29 is 38.4 Å². The molecule has 3 atom stereocenters. The van der Waals surface area contributed by atoms with Gasteiger partial charge in [-0.25, -0.2) is 0 Å². The number of hydrogen-bond acceptors (Lipinski definition) is 8. The molecule has 83 heavy (non-hydrogen) atoms. The van der Waals surface area contributed by atoms with E-state index in [9.17, 15) is 38.4 Å². The van der Waals surface area contributed by atoms with Crippen LogP contribution in [0.25, 0.3) is 0 Å². The molecule has 8 heteroatoms. The minimum atomic E-state index is 0.224. The first-order valence-electron chi connectivity index (χ1n) is 34.2. The van der Waals surface area contributed by atoms with Gasteiger partial charge in [0, 0.05) is 63.7 Å². The van der Waals surface area contributed by atoms with Gasteiger partial charge < -0.3 is 28.8 Å². The van der Waals surface area contributed by atoms with E-state index in [0.29, 0.717) is 70.4 Å². The molecule has 0 N–H and O–H groups in total. The number of ketones is 8. The third kappa shape index (κ3) is 111. The zero-order valence-corrected chi connectivity index (χ0v) is 61.3. The summed E-state index contributed by atoms with van der Waals surface area (Å²) in [6.07, 6.45) is 27.6. The average Bonchev–Trinajstić information content (AvgIpc) is 3.34. The van der Waals surface area contributed by atoms with Gasteiger partial charge in [0.05, 0.1) is 0 Å². The van der Waals surface area contributed by atoms with Crippen molar-refractivity contribution >= 4 is 46.3 Å². The molecule has 0 aliphatic heterocycles. The largest absolute Gasteiger partial charge is 0.300 e. The minimum absolute atomic E-state index is 0.224. The Balaban J connectivity index is -0.000000129. The van der Waals surface area contributed by atoms with Crippen molar-refractivity contribution in [2.75, 3.05) is 0 Å². The van der Waals surface area contributed by atoms with Crippen LogP contribution in [0.2, 0.25) is 0 Å². The lowest BCUT2D eigenvalue weighted by Crippen LogP contribution is -2.08. The summed E-state index contributed by atoms with van der Waals surface area (Å²) in [6, 6.07) is 0. The van der Waals surface area contributed by atoms with E-state index < -0.39 is 0 Å². The molecule has 0 aromatic carbocycles. The maximum Gasteiger partial charge on any atom is 0.135 e. The molecule has 8 nitrogen and oxygen atoms in total. The average molecular weight is 1180 g/mol. The zero-order chi connectivity index (χ0) is 66.6. The topological polar surface area (TPSA) is 137 Å². The minimum Gasteiger partial charge on any atom is -0.300 e. The Kier molecular flexibility index (Phi) is 79.7. The van der Waals surface area contributed by atoms with Gasteiger partial charge in [0.25, 0.3) is 0 Å². The van der Waals surface area contributed by atoms with Crippen molar-refractivity contribution in [2.24, 2.45) is 71.0 Å². The highest BCUT2D eigenvalue weighted by molar-refractivity contribution is 5.80. The quantitative estimate of drug-likeness (QED) is 0.0555. The monoisotopic (exact) mass is 1180 g/mol. The maximum absolute atomic E-state index is 11.1. The van der Waals surface area contributed by atoms with E-state index in [2.05, 4.69) is 132 Å². The molecule has 3 unspecified atom stereocenters. The molecule has 0 radical (unpaired) electrons. The van der Waals surface area contributed by atoms with Crippen LogP contribution in [-0.4, -0.2) is 46.3 Å². The number of Topliss-reactive ketones (excluding diaryl/α,β-unsaturated/α-hetero) is 8. The summed E-state index contributed by atoms with van der Waals surface area (Å²) in [7, 11) is 0. The summed E-state index contributed by atoms with van der Waals surface area (Å²) in [6.45, 7) is 57.8. The molecular weight excluding hydrogens is 1030 g/mol. The number of unbranched alkanes of at least 4 members (excludes halogenated alkanes) is 3. The lowest BCUT2D eigenvalue weighted by molar-refractivity contribution is -0.122. The van der Waals surface area contributed by atoms with Gasteiger partial charge in [-0.05, 0) is 164 Å². The lowest BCUT2D eigenvalue weighted by Gasteiger charge is -2.17. The van der Waals surface area contributed by atoms with E-state index in [1.807, 2.05) is 20.8 Å². The molecule has 0 aromatic rings. The van der Waals surface area contributed by atoms with Crippen LogP contribution in [0.15, 0.2) is 0 Å². The van der Waals surface area contributed by atoms with Crippen LogP contribution in [-0.2, 0) is 38.4 Å². The molecule has 0 amide bonds. The number of rotatable bonds is 39. The van der Waals surface area contributed by atoms with Crippen molar-refractivity contribution in [1.82, 2.24) is 0 Å². The summed E-state index contributed by atoms with van der Waals surface area (Å²) in [5.74, 6) is 11.1. The Bertz CT molecular complexity index is 1500. The molecule has 0 aliphatic rings. The van der Waals surface area contributed by atoms with E-state index in [4.69, 9.17) is 0 Å². The first-order valence-corrected chi connectivity index (χ1v) is 34.2. The van der Waals surface area contributed by atoms with E-state index in [-0.39, 0.29) is 5.92 Å². The van der Waals surface area contributed by atoms with Gasteiger partial charge in [-0.3, -0.25) is 9.59 Å². The molecule has 0 bridgehead atoms. The highest BCUT2D eigenvalue weighted by Crippen LogP contribution is 2.21. The van der Waals surface area contributed by atoms with Gasteiger partial charge >= 0.3 is 0 Å². The van der Waals surface area contributed by atoms with Crippen LogP contribution < -0.4 is 0 Å². The highest BCUT2D eigenvalue weighted by atomic mass is 16.1. The van der Waals surface area contributed by atoms with Crippen LogP contribution in [0, 0.1) is 71.0 Å². The molecular formula is C75H150O8. The Morgan fingerprint density at radius 2 is 0.602 bits per heavy atom. The van der Waals surface area contributed by atoms with Crippen LogP contribution in [0.4, 0.5) is 0 Å². The summed E-state index contributed by atoms with van der Waals surface area (Å²) in [5, 5.41) is 0. The molecule has 0 saturated heterocycles. The predicted molar refractivity (Wildman–Crippen MR) is 365 cm³/mol. The van der Waals surface area contributed by atoms with Crippen molar-refractivity contribution in [3.05, 3.63) is 0 Å². The van der Waals surface area contributed by atoms with Crippen molar-refractivity contribution in [2.45, 2.75) is 367 Å². The van der Waals surface area contributed by atoms with Crippen LogP contribution in [0.3, 0.4) is 0 Å². The second-order valence-corrected chi connectivity index (χ2v) is 28.2. The fourth-order valence-corrected chi connectivity index (χ4v) is 8.18. The molecule has 0 spiro atoms. The smallest absolute Gasteiger partial charge is 0.135 e. The Hall–Kier alpha value is -2.64. The summed E-state index contributed by atoms with van der Waals surface area (Å²) in [5.41, 5.74) is 0. The summed E-state index contributed by atoms with van der Waals surface area (Å²) < 4.78 is 0. The number of carbonyl (C=O) groups excluding carboxylic acids is 8. The molecule has 0 aliphatic carbocycles. The van der Waals surface area contributed by atoms with Gasteiger partial charge in [0.1, 0.15) is 46.3 Å². The number of carbonyl (C=O) groups is 8. The first-order chi connectivity index (χ1) is 38.2. The highest BCUT2D eigenvalue weighted by Gasteiger charge is 2.12. The van der Waals surface area contributed by atoms with E-state index in [1.54, 1.807) is 41.5 Å². The second kappa shape index (κ2) is 68.5. The molecule has 0 fully saturated rings. The Morgan fingerprint density at radius 3 is 0.916 bits per heavy atom. The van der Waals surface area contributed by atoms with Crippen LogP contribution in [0.1, 0.15) is 367 Å². The molecule has 0 heterocycles. The summed E-state index contributed by atoms with van der Waals surface area (Å²) >= 11 is 0. The van der Waals surface area contributed by atoms with E-state index in [1.165, 1.54) is 64.2 Å². The fraction of sp³-hybridized carbons (Fsp3) is 0.893. The van der Waals surface area contributed by atoms with Gasteiger partial charge in [-0.15, -0.1) is 0 Å². The lowest BCUT2D eigenvalue weighted by atomic mass is 9.88. The molecule has 0 rings (SSSR count). The van der Waals surface area contributed by atoms with Gasteiger partial charge in [-0.2, -0.15) is 0 Å². The standard InChI is InChI=1S/4C10H20O.3C9H18O.C8H16O/c1-8(2)7-9(3)5-6-10(4)11;1-8(2)6-5-7-10(11)9(3)4;1-9(2)7-5-4-6-8-10(3)11;1-5-10(8(2)3)7-6-9(4)11;1-7(2)8(3)5-6-9(4)10;1-8(2)6-4-5-7-9(3)10;1-4-9(10)7-5-6-8(2)3;1-7(2)5-4-6-8(3)9/h2*8-9H,5-7H2,1-4H3;9H,4-8H2,1-3H3;8,10H,5-7H2,1-4H3;7-8H,5-6H2,1-4H3;2*8H,4-7H2,1-3H3;7H,4-6H2,1-3H3.